The number of thiophene rings is 1. The molecule has 1 amide bonds. The Hall–Kier alpha value is -1.25. The highest BCUT2D eigenvalue weighted by atomic mass is 79.9. The fraction of sp³-hybridized carbons (Fsp3) is 0.154. The second-order valence-corrected chi connectivity index (χ2v) is 7.74. The highest BCUT2D eigenvalue weighted by Gasteiger charge is 2.16. The molecule has 0 saturated heterocycles. The van der Waals surface area contributed by atoms with Crippen LogP contribution in [0.25, 0.3) is 0 Å². The van der Waals surface area contributed by atoms with Crippen molar-refractivity contribution in [2.75, 3.05) is 25.3 Å². The summed E-state index contributed by atoms with van der Waals surface area (Å²) >= 11 is 8.12. The fourth-order valence-corrected chi connectivity index (χ4v) is 4.48. The first-order valence-electron chi connectivity index (χ1n) is 5.74. The highest BCUT2D eigenvalue weighted by Crippen LogP contribution is 2.36. The van der Waals surface area contributed by atoms with Crippen molar-refractivity contribution in [1.29, 1.82) is 0 Å². The van der Waals surface area contributed by atoms with Gasteiger partial charge in [0.2, 0.25) is 0 Å². The maximum Gasteiger partial charge on any atom is 0.257 e. The molecule has 1 aromatic carbocycles. The molecule has 2 rings (SSSR count). The monoisotopic (exact) mass is 434 g/mol. The predicted molar refractivity (Wildman–Crippen MR) is 91.6 cm³/mol. The molecule has 0 aliphatic heterocycles. The average molecular weight is 436 g/mol. The molecular formula is C13H12Br2N2O3S. The summed E-state index contributed by atoms with van der Waals surface area (Å²) in [5.41, 5.74) is 7.31. The zero-order valence-corrected chi connectivity index (χ0v) is 15.2. The molecule has 112 valence electrons. The Morgan fingerprint density at radius 2 is 1.81 bits per heavy atom. The van der Waals surface area contributed by atoms with E-state index >= 15 is 0 Å². The lowest BCUT2D eigenvalue weighted by atomic mass is 10.2. The number of hydrogen-bond acceptors (Lipinski definition) is 5. The van der Waals surface area contributed by atoms with Gasteiger partial charge in [-0.05, 0) is 37.9 Å². The minimum atomic E-state index is -0.261. The minimum absolute atomic E-state index is 0.261. The van der Waals surface area contributed by atoms with E-state index in [1.165, 1.54) is 25.6 Å². The van der Waals surface area contributed by atoms with E-state index in [4.69, 9.17) is 15.2 Å². The summed E-state index contributed by atoms with van der Waals surface area (Å²) in [6.45, 7) is 0. The van der Waals surface area contributed by atoms with Gasteiger partial charge >= 0.3 is 0 Å². The molecule has 21 heavy (non-hydrogen) atoms. The number of amides is 1. The van der Waals surface area contributed by atoms with Crippen molar-refractivity contribution >= 4 is 60.5 Å². The number of nitrogens with two attached hydrogens (primary N) is 1. The van der Waals surface area contributed by atoms with Gasteiger partial charge in [-0.25, -0.2) is 0 Å². The number of ether oxygens (including phenoxy) is 2. The second kappa shape index (κ2) is 6.67. The molecule has 0 unspecified atom stereocenters. The second-order valence-electron chi connectivity index (χ2n) is 3.99. The minimum Gasteiger partial charge on any atom is -0.493 e. The third-order valence-corrected chi connectivity index (χ3v) is 5.04. The van der Waals surface area contributed by atoms with Gasteiger partial charge in [0.1, 0.15) is 0 Å². The third-order valence-electron chi connectivity index (χ3n) is 2.71. The Labute approximate surface area is 142 Å². The molecule has 0 saturated carbocycles. The molecule has 1 heterocycles. The molecule has 0 fully saturated rings. The van der Waals surface area contributed by atoms with Crippen molar-refractivity contribution in [3.8, 4) is 11.5 Å². The van der Waals surface area contributed by atoms with Crippen molar-refractivity contribution in [3.63, 3.8) is 0 Å². The van der Waals surface area contributed by atoms with Crippen molar-refractivity contribution in [2.45, 2.75) is 0 Å². The molecule has 3 N–H and O–H groups in total. The SMILES string of the molecule is COc1cc(N)c(NC(=O)c2cc(Br)sc2Br)cc1OC. The van der Waals surface area contributed by atoms with E-state index in [9.17, 15) is 4.79 Å². The molecule has 0 bridgehead atoms. The Balaban J connectivity index is 2.31. The molecule has 2 aromatic rings. The maximum atomic E-state index is 12.3. The Morgan fingerprint density at radius 3 is 2.33 bits per heavy atom. The van der Waals surface area contributed by atoms with Crippen molar-refractivity contribution in [2.24, 2.45) is 0 Å². The predicted octanol–water partition coefficient (Wildman–Crippen LogP) is 4.12. The zero-order valence-electron chi connectivity index (χ0n) is 11.2. The average Bonchev–Trinajstić information content (AvgIpc) is 2.79. The van der Waals surface area contributed by atoms with Crippen LogP contribution in [0, 0.1) is 0 Å². The van der Waals surface area contributed by atoms with E-state index in [-0.39, 0.29) is 5.91 Å². The lowest BCUT2D eigenvalue weighted by molar-refractivity contribution is 0.102. The number of rotatable bonds is 4. The van der Waals surface area contributed by atoms with E-state index in [2.05, 4.69) is 37.2 Å². The van der Waals surface area contributed by atoms with Crippen LogP contribution in [0.5, 0.6) is 11.5 Å². The highest BCUT2D eigenvalue weighted by molar-refractivity contribution is 9.12. The van der Waals surface area contributed by atoms with Crippen molar-refractivity contribution < 1.29 is 14.3 Å². The van der Waals surface area contributed by atoms with Crippen LogP contribution in [0.3, 0.4) is 0 Å². The fourth-order valence-electron chi connectivity index (χ4n) is 1.69. The van der Waals surface area contributed by atoms with Gasteiger partial charge in [-0.2, -0.15) is 0 Å². The first-order valence-corrected chi connectivity index (χ1v) is 8.14. The normalized spacial score (nSPS) is 10.3. The van der Waals surface area contributed by atoms with Crippen LogP contribution < -0.4 is 20.5 Å². The van der Waals surface area contributed by atoms with Gasteiger partial charge in [0.15, 0.2) is 11.5 Å². The summed E-state index contributed by atoms with van der Waals surface area (Å²) in [5, 5.41) is 2.76. The number of benzene rings is 1. The number of nitrogen functional groups attached to an aromatic ring is 1. The Kier molecular flexibility index (Phi) is 5.13. The topological polar surface area (TPSA) is 73.6 Å². The Bertz CT molecular complexity index is 688. The van der Waals surface area contributed by atoms with Gasteiger partial charge in [0, 0.05) is 12.1 Å². The van der Waals surface area contributed by atoms with Gasteiger partial charge < -0.3 is 20.5 Å². The summed E-state index contributed by atoms with van der Waals surface area (Å²) in [4.78, 5) is 12.3. The molecule has 0 aliphatic carbocycles. The zero-order chi connectivity index (χ0) is 15.6. The quantitative estimate of drug-likeness (QED) is 0.708. The molecule has 0 aliphatic rings. The number of methoxy groups -OCH3 is 2. The molecule has 5 nitrogen and oxygen atoms in total. The first-order chi connectivity index (χ1) is 9.96. The summed E-state index contributed by atoms with van der Waals surface area (Å²) in [6.07, 6.45) is 0. The number of halogens is 2. The third kappa shape index (κ3) is 3.50. The largest absolute Gasteiger partial charge is 0.493 e. The lowest BCUT2D eigenvalue weighted by Gasteiger charge is -2.13. The molecule has 8 heteroatoms. The number of nitrogens with one attached hydrogen (secondary N) is 1. The van der Waals surface area contributed by atoms with Crippen LogP contribution >= 0.6 is 43.2 Å². The summed E-state index contributed by atoms with van der Waals surface area (Å²) in [6, 6.07) is 4.97. The van der Waals surface area contributed by atoms with Gasteiger partial charge in [-0.1, -0.05) is 0 Å². The van der Waals surface area contributed by atoms with Gasteiger partial charge in [-0.3, -0.25) is 4.79 Å². The molecule has 1 aromatic heterocycles. The van der Waals surface area contributed by atoms with Crippen molar-refractivity contribution in [1.82, 2.24) is 0 Å². The van der Waals surface area contributed by atoms with Gasteiger partial charge in [0.25, 0.3) is 5.91 Å². The molecule has 0 spiro atoms. The van der Waals surface area contributed by atoms with Crippen LogP contribution in [0.15, 0.2) is 25.8 Å². The van der Waals surface area contributed by atoms with Crippen LogP contribution in [0.1, 0.15) is 10.4 Å². The van der Waals surface area contributed by atoms with E-state index in [1.807, 2.05) is 0 Å². The summed E-state index contributed by atoms with van der Waals surface area (Å²) in [5.74, 6) is 0.739. The van der Waals surface area contributed by atoms with E-state index in [0.717, 1.165) is 7.57 Å². The van der Waals surface area contributed by atoms with E-state index in [0.29, 0.717) is 28.4 Å². The molecule has 0 radical (unpaired) electrons. The van der Waals surface area contributed by atoms with Gasteiger partial charge in [0.05, 0.1) is 38.7 Å². The van der Waals surface area contributed by atoms with E-state index in [1.54, 1.807) is 18.2 Å². The summed E-state index contributed by atoms with van der Waals surface area (Å²) in [7, 11) is 3.04. The number of carbonyl (C=O) groups excluding carboxylic acids is 1. The first kappa shape index (κ1) is 16.1. The van der Waals surface area contributed by atoms with Crippen LogP contribution in [0.4, 0.5) is 11.4 Å². The number of anilines is 2. The number of hydrogen-bond donors (Lipinski definition) is 2. The standard InChI is InChI=1S/C13H12Br2N2O3S/c1-19-9-4-7(16)8(5-10(9)20-2)17-13(18)6-3-11(14)21-12(6)15/h3-5H,16H2,1-2H3,(H,17,18). The summed E-state index contributed by atoms with van der Waals surface area (Å²) < 4.78 is 12.0. The van der Waals surface area contributed by atoms with E-state index < -0.39 is 0 Å². The molecular weight excluding hydrogens is 424 g/mol. The molecule has 0 atom stereocenters. The van der Waals surface area contributed by atoms with Crippen LogP contribution in [-0.4, -0.2) is 20.1 Å². The Morgan fingerprint density at radius 1 is 1.19 bits per heavy atom. The van der Waals surface area contributed by atoms with Gasteiger partial charge in [-0.15, -0.1) is 11.3 Å². The number of carbonyl (C=O) groups is 1. The maximum absolute atomic E-state index is 12.3. The van der Waals surface area contributed by atoms with Crippen molar-refractivity contribution in [3.05, 3.63) is 31.3 Å². The lowest BCUT2D eigenvalue weighted by Crippen LogP contribution is -2.13. The smallest absolute Gasteiger partial charge is 0.257 e. The van der Waals surface area contributed by atoms with Crippen LogP contribution in [-0.2, 0) is 0 Å². The van der Waals surface area contributed by atoms with Crippen LogP contribution in [0.2, 0.25) is 0 Å².